The lowest BCUT2D eigenvalue weighted by Gasteiger charge is -2.11. The first kappa shape index (κ1) is 9.00. The van der Waals surface area contributed by atoms with E-state index in [9.17, 15) is 9.50 Å². The van der Waals surface area contributed by atoms with Gasteiger partial charge in [0.15, 0.2) is 0 Å². The third-order valence-corrected chi connectivity index (χ3v) is 1.89. The normalized spacial score (nSPS) is 12.9. The summed E-state index contributed by atoms with van der Waals surface area (Å²) in [5.74, 6) is -0.205. The number of halogens is 1. The smallest absolute Gasteiger partial charge is 0.123 e. The number of nitrogens with one attached hydrogen (secondary N) is 1. The Labute approximate surface area is 71.0 Å². The van der Waals surface area contributed by atoms with E-state index in [1.54, 1.807) is 7.05 Å². The molecule has 0 spiro atoms. The molecule has 12 heavy (non-hydrogen) atoms. The van der Waals surface area contributed by atoms with Crippen LogP contribution in [0.15, 0.2) is 18.2 Å². The van der Waals surface area contributed by atoms with Crippen molar-refractivity contribution in [3.05, 3.63) is 29.6 Å². The standard InChI is InChI=1S/C9H12FNO/c1-6(11-2)8-5-7(10)3-4-9(8)12/h3-6,11-12H,1-2H3/t6-/m0/s1. The molecule has 66 valence electrons. The number of phenols is 1. The molecule has 2 nitrogen and oxygen atoms in total. The van der Waals surface area contributed by atoms with Gasteiger partial charge in [-0.2, -0.15) is 0 Å². The van der Waals surface area contributed by atoms with Crippen molar-refractivity contribution in [2.45, 2.75) is 13.0 Å². The van der Waals surface area contributed by atoms with Gasteiger partial charge >= 0.3 is 0 Å². The summed E-state index contributed by atoms with van der Waals surface area (Å²) in [7, 11) is 1.76. The molecule has 1 aromatic rings. The van der Waals surface area contributed by atoms with Gasteiger partial charge in [-0.15, -0.1) is 0 Å². The Morgan fingerprint density at radius 3 is 2.75 bits per heavy atom. The molecule has 1 atom stereocenters. The summed E-state index contributed by atoms with van der Waals surface area (Å²) in [5.41, 5.74) is 0.581. The van der Waals surface area contributed by atoms with Crippen LogP contribution < -0.4 is 5.32 Å². The third-order valence-electron chi connectivity index (χ3n) is 1.89. The zero-order chi connectivity index (χ0) is 9.14. The van der Waals surface area contributed by atoms with E-state index in [2.05, 4.69) is 5.32 Å². The lowest BCUT2D eigenvalue weighted by Crippen LogP contribution is -2.12. The maximum atomic E-state index is 12.7. The minimum atomic E-state index is -0.329. The predicted molar refractivity (Wildman–Crippen MR) is 45.5 cm³/mol. The molecular formula is C9H12FNO. The van der Waals surface area contributed by atoms with Gasteiger partial charge in [0.05, 0.1) is 0 Å². The Morgan fingerprint density at radius 1 is 1.50 bits per heavy atom. The lowest BCUT2D eigenvalue weighted by molar-refractivity contribution is 0.454. The Morgan fingerprint density at radius 2 is 2.17 bits per heavy atom. The molecule has 3 heteroatoms. The van der Waals surface area contributed by atoms with Gasteiger partial charge in [0.1, 0.15) is 11.6 Å². The Hall–Kier alpha value is -1.09. The van der Waals surface area contributed by atoms with Crippen LogP contribution in [0.2, 0.25) is 0 Å². The second-order valence-electron chi connectivity index (χ2n) is 2.71. The molecule has 0 aliphatic carbocycles. The van der Waals surface area contributed by atoms with Crippen LogP contribution in [0.3, 0.4) is 0 Å². The van der Waals surface area contributed by atoms with Crippen LogP contribution >= 0.6 is 0 Å². The number of hydrogen-bond donors (Lipinski definition) is 2. The van der Waals surface area contributed by atoms with Crippen LogP contribution in [-0.4, -0.2) is 12.2 Å². The zero-order valence-corrected chi connectivity index (χ0v) is 7.13. The second kappa shape index (κ2) is 3.54. The van der Waals surface area contributed by atoms with Crippen LogP contribution in [0.5, 0.6) is 5.75 Å². The maximum absolute atomic E-state index is 12.7. The minimum absolute atomic E-state index is 0.0410. The number of phenolic OH excluding ortho intramolecular Hbond substituents is 1. The largest absolute Gasteiger partial charge is 0.508 e. The second-order valence-corrected chi connectivity index (χ2v) is 2.71. The molecule has 2 N–H and O–H groups in total. The number of hydrogen-bond acceptors (Lipinski definition) is 2. The van der Waals surface area contributed by atoms with Crippen LogP contribution in [0.25, 0.3) is 0 Å². The fraction of sp³-hybridized carbons (Fsp3) is 0.333. The van der Waals surface area contributed by atoms with Crippen LogP contribution in [0, 0.1) is 5.82 Å². The highest BCUT2D eigenvalue weighted by molar-refractivity contribution is 5.34. The van der Waals surface area contributed by atoms with Crippen LogP contribution in [0.1, 0.15) is 18.5 Å². The van der Waals surface area contributed by atoms with E-state index in [-0.39, 0.29) is 17.6 Å². The van der Waals surface area contributed by atoms with Gasteiger partial charge in [-0.1, -0.05) is 0 Å². The van der Waals surface area contributed by atoms with Crippen molar-refractivity contribution in [1.82, 2.24) is 5.32 Å². The maximum Gasteiger partial charge on any atom is 0.123 e. The molecule has 1 aromatic carbocycles. The van der Waals surface area contributed by atoms with Gasteiger partial charge in [0.25, 0.3) is 0 Å². The molecule has 0 aliphatic rings. The van der Waals surface area contributed by atoms with E-state index in [1.807, 2.05) is 6.92 Å². The summed E-state index contributed by atoms with van der Waals surface area (Å²) in [5, 5.41) is 12.3. The fourth-order valence-electron chi connectivity index (χ4n) is 1.03. The quantitative estimate of drug-likeness (QED) is 0.707. The Bertz CT molecular complexity index is 275. The summed E-state index contributed by atoms with van der Waals surface area (Å²) < 4.78 is 12.7. The number of rotatable bonds is 2. The highest BCUT2D eigenvalue weighted by atomic mass is 19.1. The number of benzene rings is 1. The van der Waals surface area contributed by atoms with Gasteiger partial charge < -0.3 is 10.4 Å². The average Bonchev–Trinajstić information content (AvgIpc) is 2.08. The summed E-state index contributed by atoms with van der Waals surface area (Å²) in [4.78, 5) is 0. The van der Waals surface area contributed by atoms with E-state index in [0.717, 1.165) is 0 Å². The van der Waals surface area contributed by atoms with Crippen molar-refractivity contribution in [2.24, 2.45) is 0 Å². The van der Waals surface area contributed by atoms with E-state index < -0.39 is 0 Å². The van der Waals surface area contributed by atoms with E-state index in [4.69, 9.17) is 0 Å². The van der Waals surface area contributed by atoms with E-state index >= 15 is 0 Å². The third kappa shape index (κ3) is 1.74. The van der Waals surface area contributed by atoms with Crippen LogP contribution in [0.4, 0.5) is 4.39 Å². The van der Waals surface area contributed by atoms with Gasteiger partial charge in [-0.3, -0.25) is 0 Å². The number of aromatic hydroxyl groups is 1. The van der Waals surface area contributed by atoms with E-state index in [0.29, 0.717) is 5.56 Å². The summed E-state index contributed by atoms with van der Waals surface area (Å²) in [6.45, 7) is 1.86. The molecule has 0 saturated heterocycles. The molecule has 1 rings (SSSR count). The summed E-state index contributed by atoms with van der Waals surface area (Å²) in [6.07, 6.45) is 0. The summed E-state index contributed by atoms with van der Waals surface area (Å²) >= 11 is 0. The van der Waals surface area contributed by atoms with Crippen molar-refractivity contribution >= 4 is 0 Å². The first-order valence-electron chi connectivity index (χ1n) is 3.81. The molecule has 0 aromatic heterocycles. The minimum Gasteiger partial charge on any atom is -0.508 e. The monoisotopic (exact) mass is 169 g/mol. The topological polar surface area (TPSA) is 32.3 Å². The first-order valence-corrected chi connectivity index (χ1v) is 3.81. The highest BCUT2D eigenvalue weighted by Crippen LogP contribution is 2.23. The predicted octanol–water partition coefficient (Wildman–Crippen LogP) is 1.81. The molecular weight excluding hydrogens is 157 g/mol. The Kier molecular flexibility index (Phi) is 2.65. The Balaban J connectivity index is 3.04. The highest BCUT2D eigenvalue weighted by Gasteiger charge is 2.08. The SMILES string of the molecule is CN[C@@H](C)c1cc(F)ccc1O. The van der Waals surface area contributed by atoms with E-state index in [1.165, 1.54) is 18.2 Å². The molecule has 0 saturated carbocycles. The molecule has 0 bridgehead atoms. The average molecular weight is 169 g/mol. The molecule has 0 aliphatic heterocycles. The van der Waals surface area contributed by atoms with Crippen LogP contribution in [-0.2, 0) is 0 Å². The fourth-order valence-corrected chi connectivity index (χ4v) is 1.03. The molecule has 0 radical (unpaired) electrons. The van der Waals surface area contributed by atoms with Gasteiger partial charge in [0.2, 0.25) is 0 Å². The van der Waals surface area contributed by atoms with Crippen molar-refractivity contribution in [2.75, 3.05) is 7.05 Å². The molecule has 0 fully saturated rings. The van der Waals surface area contributed by atoms with Crippen molar-refractivity contribution in [3.8, 4) is 5.75 Å². The van der Waals surface area contributed by atoms with Crippen molar-refractivity contribution in [1.29, 1.82) is 0 Å². The first-order chi connectivity index (χ1) is 5.65. The molecule has 0 amide bonds. The summed E-state index contributed by atoms with van der Waals surface area (Å²) in [6, 6.07) is 3.89. The molecule has 0 heterocycles. The zero-order valence-electron chi connectivity index (χ0n) is 7.13. The van der Waals surface area contributed by atoms with Crippen molar-refractivity contribution in [3.63, 3.8) is 0 Å². The van der Waals surface area contributed by atoms with Crippen molar-refractivity contribution < 1.29 is 9.50 Å². The van der Waals surface area contributed by atoms with Gasteiger partial charge in [-0.05, 0) is 32.2 Å². The van der Waals surface area contributed by atoms with Gasteiger partial charge in [0, 0.05) is 11.6 Å². The molecule has 0 unspecified atom stereocenters. The van der Waals surface area contributed by atoms with Gasteiger partial charge in [-0.25, -0.2) is 4.39 Å². The lowest BCUT2D eigenvalue weighted by atomic mass is 10.1.